The first kappa shape index (κ1) is 9.23. The van der Waals surface area contributed by atoms with Crippen molar-refractivity contribution >= 4 is 11.8 Å². The van der Waals surface area contributed by atoms with Crippen LogP contribution in [-0.2, 0) is 4.79 Å². The molecule has 0 saturated heterocycles. The van der Waals surface area contributed by atoms with E-state index in [1.165, 1.54) is 6.08 Å². The van der Waals surface area contributed by atoms with E-state index in [0.717, 1.165) is 0 Å². The van der Waals surface area contributed by atoms with Crippen molar-refractivity contribution in [2.75, 3.05) is 0 Å². The number of ether oxygens (including phenoxy) is 1. The lowest BCUT2D eigenvalue weighted by Gasteiger charge is -1.98. The van der Waals surface area contributed by atoms with E-state index >= 15 is 0 Å². The summed E-state index contributed by atoms with van der Waals surface area (Å²) in [6.07, 6.45) is 4.84. The lowest BCUT2D eigenvalue weighted by Crippen LogP contribution is -1.79. The van der Waals surface area contributed by atoms with Gasteiger partial charge in [0.25, 0.3) is 0 Å². The fraction of sp³-hybridized carbons (Fsp3) is 0.100. The summed E-state index contributed by atoms with van der Waals surface area (Å²) in [6, 6.07) is 6.83. The van der Waals surface area contributed by atoms with Crippen molar-refractivity contribution in [1.29, 1.82) is 0 Å². The SMILES string of the molecule is CC=COc1ccc(N=C=O)cc1. The molecule has 0 aromatic heterocycles. The Bertz CT molecular complexity index is 334. The average molecular weight is 175 g/mol. The van der Waals surface area contributed by atoms with Gasteiger partial charge in [-0.15, -0.1) is 0 Å². The summed E-state index contributed by atoms with van der Waals surface area (Å²) in [6.45, 7) is 1.87. The Morgan fingerprint density at radius 2 is 2.08 bits per heavy atom. The molecule has 0 amide bonds. The van der Waals surface area contributed by atoms with Gasteiger partial charge in [0.05, 0.1) is 11.9 Å². The van der Waals surface area contributed by atoms with E-state index in [1.807, 2.05) is 6.92 Å². The molecule has 3 nitrogen and oxygen atoms in total. The third kappa shape index (κ3) is 2.93. The van der Waals surface area contributed by atoms with Crippen LogP contribution < -0.4 is 4.74 Å². The van der Waals surface area contributed by atoms with Crippen LogP contribution in [0.25, 0.3) is 0 Å². The molecule has 0 saturated carbocycles. The maximum Gasteiger partial charge on any atom is 0.240 e. The summed E-state index contributed by atoms with van der Waals surface area (Å²) in [5.41, 5.74) is 0.572. The fourth-order valence-electron chi connectivity index (χ4n) is 0.799. The molecule has 0 atom stereocenters. The Morgan fingerprint density at radius 1 is 1.38 bits per heavy atom. The van der Waals surface area contributed by atoms with Gasteiger partial charge in [0.1, 0.15) is 5.75 Å². The van der Waals surface area contributed by atoms with Gasteiger partial charge in [-0.25, -0.2) is 4.79 Å². The largest absolute Gasteiger partial charge is 0.465 e. The van der Waals surface area contributed by atoms with Crippen LogP contribution in [0.3, 0.4) is 0 Å². The zero-order valence-electron chi connectivity index (χ0n) is 7.23. The predicted octanol–water partition coefficient (Wildman–Crippen LogP) is 2.57. The zero-order valence-corrected chi connectivity index (χ0v) is 7.23. The highest BCUT2D eigenvalue weighted by molar-refractivity contribution is 5.50. The number of rotatable bonds is 3. The highest BCUT2D eigenvalue weighted by atomic mass is 16.5. The number of nitrogens with zero attached hydrogens (tertiary/aromatic N) is 1. The van der Waals surface area contributed by atoms with E-state index < -0.39 is 0 Å². The van der Waals surface area contributed by atoms with Gasteiger partial charge in [-0.1, -0.05) is 6.08 Å². The lowest BCUT2D eigenvalue weighted by molar-refractivity contribution is 0.480. The Kier molecular flexibility index (Phi) is 3.48. The van der Waals surface area contributed by atoms with Gasteiger partial charge in [-0.05, 0) is 31.2 Å². The van der Waals surface area contributed by atoms with E-state index in [4.69, 9.17) is 4.74 Å². The van der Waals surface area contributed by atoms with Crippen molar-refractivity contribution < 1.29 is 9.53 Å². The highest BCUT2D eigenvalue weighted by Gasteiger charge is 1.90. The third-order valence-electron chi connectivity index (χ3n) is 1.35. The Hall–Kier alpha value is -1.86. The van der Waals surface area contributed by atoms with Gasteiger partial charge in [-0.3, -0.25) is 0 Å². The van der Waals surface area contributed by atoms with Gasteiger partial charge < -0.3 is 4.74 Å². The molecule has 1 aromatic rings. The molecule has 0 bridgehead atoms. The smallest absolute Gasteiger partial charge is 0.240 e. The van der Waals surface area contributed by atoms with Gasteiger partial charge >= 0.3 is 0 Å². The summed E-state index contributed by atoms with van der Waals surface area (Å²) in [4.78, 5) is 13.3. The van der Waals surface area contributed by atoms with Gasteiger partial charge in [0.15, 0.2) is 0 Å². The van der Waals surface area contributed by atoms with E-state index in [2.05, 4.69) is 4.99 Å². The Morgan fingerprint density at radius 3 is 2.62 bits per heavy atom. The molecule has 0 aliphatic heterocycles. The van der Waals surface area contributed by atoms with Crippen LogP contribution in [0.1, 0.15) is 6.92 Å². The lowest BCUT2D eigenvalue weighted by atomic mass is 10.3. The van der Waals surface area contributed by atoms with Crippen molar-refractivity contribution in [2.24, 2.45) is 4.99 Å². The minimum absolute atomic E-state index is 0.572. The van der Waals surface area contributed by atoms with E-state index in [0.29, 0.717) is 11.4 Å². The number of allylic oxidation sites excluding steroid dienone is 1. The van der Waals surface area contributed by atoms with Crippen LogP contribution >= 0.6 is 0 Å². The molecule has 0 unspecified atom stereocenters. The van der Waals surface area contributed by atoms with Crippen molar-refractivity contribution in [3.05, 3.63) is 36.6 Å². The monoisotopic (exact) mass is 175 g/mol. The maximum absolute atomic E-state index is 9.90. The number of aliphatic imine (C=N–C) groups is 1. The molecule has 0 radical (unpaired) electrons. The molecule has 0 aliphatic carbocycles. The van der Waals surface area contributed by atoms with Crippen LogP contribution in [0.4, 0.5) is 5.69 Å². The maximum atomic E-state index is 9.90. The van der Waals surface area contributed by atoms with Gasteiger partial charge in [0.2, 0.25) is 6.08 Å². The van der Waals surface area contributed by atoms with E-state index in [9.17, 15) is 4.79 Å². The second kappa shape index (κ2) is 4.91. The summed E-state index contributed by atoms with van der Waals surface area (Å²) in [5.74, 6) is 0.711. The molecular weight excluding hydrogens is 166 g/mol. The van der Waals surface area contributed by atoms with Crippen molar-refractivity contribution in [2.45, 2.75) is 6.92 Å². The molecule has 1 rings (SSSR count). The molecule has 66 valence electrons. The number of hydrogen-bond acceptors (Lipinski definition) is 3. The molecule has 0 aliphatic rings. The molecule has 0 N–H and O–H groups in total. The fourth-order valence-corrected chi connectivity index (χ4v) is 0.799. The zero-order chi connectivity index (χ0) is 9.52. The Balaban J connectivity index is 2.74. The van der Waals surface area contributed by atoms with Crippen molar-refractivity contribution in [3.8, 4) is 5.75 Å². The van der Waals surface area contributed by atoms with Crippen molar-refractivity contribution in [3.63, 3.8) is 0 Å². The second-order valence-corrected chi connectivity index (χ2v) is 2.28. The van der Waals surface area contributed by atoms with E-state index in [-0.39, 0.29) is 0 Å². The standard InChI is InChI=1S/C10H9NO2/c1-2-7-13-10-5-3-9(4-6-10)11-8-12/h2-7H,1H3. The second-order valence-electron chi connectivity index (χ2n) is 2.28. The molecule has 13 heavy (non-hydrogen) atoms. The normalized spacial score (nSPS) is 9.62. The third-order valence-corrected chi connectivity index (χ3v) is 1.35. The van der Waals surface area contributed by atoms with Crippen LogP contribution in [0.5, 0.6) is 5.75 Å². The van der Waals surface area contributed by atoms with Gasteiger partial charge in [-0.2, -0.15) is 4.99 Å². The molecule has 0 spiro atoms. The summed E-state index contributed by atoms with van der Waals surface area (Å²) < 4.78 is 5.17. The van der Waals surface area contributed by atoms with E-state index in [1.54, 1.807) is 36.6 Å². The number of carbonyl (C=O) groups excluding carboxylic acids is 1. The molecule has 3 heteroatoms. The van der Waals surface area contributed by atoms with Crippen LogP contribution in [0.2, 0.25) is 0 Å². The average Bonchev–Trinajstić information content (AvgIpc) is 2.17. The van der Waals surface area contributed by atoms with Crippen LogP contribution in [-0.4, -0.2) is 6.08 Å². The Labute approximate surface area is 76.4 Å². The van der Waals surface area contributed by atoms with Crippen molar-refractivity contribution in [1.82, 2.24) is 0 Å². The summed E-state index contributed by atoms with van der Waals surface area (Å²) in [7, 11) is 0. The quantitative estimate of drug-likeness (QED) is 0.402. The minimum atomic E-state index is 0.572. The molecule has 1 aromatic carbocycles. The highest BCUT2D eigenvalue weighted by Crippen LogP contribution is 2.17. The predicted molar refractivity (Wildman–Crippen MR) is 49.7 cm³/mol. The number of benzene rings is 1. The van der Waals surface area contributed by atoms with Crippen LogP contribution in [0.15, 0.2) is 41.6 Å². The molecule has 0 fully saturated rings. The van der Waals surface area contributed by atoms with Gasteiger partial charge in [0, 0.05) is 0 Å². The molecular formula is C10H9NO2. The molecule has 0 heterocycles. The topological polar surface area (TPSA) is 38.7 Å². The number of hydrogen-bond donors (Lipinski definition) is 0. The first-order chi connectivity index (χ1) is 6.36. The first-order valence-corrected chi connectivity index (χ1v) is 3.82. The van der Waals surface area contributed by atoms with Crippen LogP contribution in [0, 0.1) is 0 Å². The first-order valence-electron chi connectivity index (χ1n) is 3.82. The summed E-state index contributed by atoms with van der Waals surface area (Å²) in [5, 5.41) is 0. The summed E-state index contributed by atoms with van der Waals surface area (Å²) >= 11 is 0. The minimum Gasteiger partial charge on any atom is -0.465 e. The number of isocyanates is 1.